The summed E-state index contributed by atoms with van der Waals surface area (Å²) in [5, 5.41) is 6.89. The number of piperidine rings is 1. The topological polar surface area (TPSA) is 94.5 Å². The van der Waals surface area contributed by atoms with Gasteiger partial charge < -0.3 is 19.0 Å². The van der Waals surface area contributed by atoms with Crippen LogP contribution in [0.25, 0.3) is 28.6 Å². The van der Waals surface area contributed by atoms with E-state index in [0.717, 1.165) is 16.7 Å². The Morgan fingerprint density at radius 2 is 1.89 bits per heavy atom. The number of halogens is 6. The number of hydrogen-bond donors (Lipinski definition) is 1. The molecule has 0 radical (unpaired) electrons. The summed E-state index contributed by atoms with van der Waals surface area (Å²) in [7, 11) is 0. The number of nitrogens with one attached hydrogen (secondary N) is 1. The predicted molar refractivity (Wildman–Crippen MR) is 121 cm³/mol. The quantitative estimate of drug-likeness (QED) is 0.354. The van der Waals surface area contributed by atoms with Crippen molar-refractivity contribution in [3.8, 4) is 28.7 Å². The molecule has 0 bridgehead atoms. The molecule has 1 fully saturated rings. The lowest BCUT2D eigenvalue weighted by atomic mass is 10.1. The van der Waals surface area contributed by atoms with Gasteiger partial charge in [-0.2, -0.15) is 18.2 Å². The number of ether oxygens (including phenoxy) is 1. The Morgan fingerprint density at radius 1 is 1.09 bits per heavy atom. The summed E-state index contributed by atoms with van der Waals surface area (Å²) in [6.45, 7) is 0.357. The van der Waals surface area contributed by atoms with E-state index in [1.807, 2.05) is 0 Å². The van der Waals surface area contributed by atoms with Gasteiger partial charge in [-0.1, -0.05) is 40.0 Å². The summed E-state index contributed by atoms with van der Waals surface area (Å²) in [6.07, 6.45) is -1.76. The molecule has 0 saturated carbocycles. The Kier molecular flexibility index (Phi) is 6.02. The molecule has 5 rings (SSSR count). The maximum Gasteiger partial charge on any atom is 0.417 e. The molecule has 1 atom stereocenters. The Hall–Kier alpha value is -3.02. The Morgan fingerprint density at radius 3 is 2.60 bits per heavy atom. The fourth-order valence-electron chi connectivity index (χ4n) is 3.53. The van der Waals surface area contributed by atoms with Crippen molar-refractivity contribution in [3.05, 3.63) is 51.2 Å². The SMILES string of the molecule is O=C1CC[C@H](Oc2cc(Cl)c(-c3noc(-c4cn5cc(C(F)(F)F)cc(Cl)c5n4)n3)cc2Cl)CN1. The molecule has 1 aliphatic rings. The molecule has 0 spiro atoms. The van der Waals surface area contributed by atoms with E-state index < -0.39 is 11.7 Å². The minimum absolute atomic E-state index is 0.0362. The summed E-state index contributed by atoms with van der Waals surface area (Å²) < 4.78 is 51.5. The molecule has 8 nitrogen and oxygen atoms in total. The van der Waals surface area contributed by atoms with Crippen LogP contribution >= 0.6 is 34.8 Å². The van der Waals surface area contributed by atoms with Crippen LogP contribution in [0.15, 0.2) is 35.1 Å². The predicted octanol–water partition coefficient (Wildman–Crippen LogP) is 5.69. The number of amides is 1. The van der Waals surface area contributed by atoms with Gasteiger partial charge >= 0.3 is 6.18 Å². The molecule has 35 heavy (non-hydrogen) atoms. The number of fused-ring (bicyclic) bond motifs is 1. The molecule has 182 valence electrons. The lowest BCUT2D eigenvalue weighted by Crippen LogP contribution is -2.40. The van der Waals surface area contributed by atoms with Gasteiger partial charge in [0.25, 0.3) is 5.89 Å². The van der Waals surface area contributed by atoms with Gasteiger partial charge in [0.15, 0.2) is 5.65 Å². The van der Waals surface area contributed by atoms with Crippen LogP contribution in [0.4, 0.5) is 13.2 Å². The van der Waals surface area contributed by atoms with E-state index in [2.05, 4.69) is 20.4 Å². The first-order chi connectivity index (χ1) is 16.6. The van der Waals surface area contributed by atoms with Crippen molar-refractivity contribution in [1.29, 1.82) is 0 Å². The van der Waals surface area contributed by atoms with E-state index in [1.165, 1.54) is 18.3 Å². The monoisotopic (exact) mass is 545 g/mol. The first-order valence-electron chi connectivity index (χ1n) is 10.1. The number of hydrogen-bond acceptors (Lipinski definition) is 6. The molecule has 1 saturated heterocycles. The first kappa shape index (κ1) is 23.7. The Bertz CT molecular complexity index is 1440. The van der Waals surface area contributed by atoms with Crippen LogP contribution in [-0.4, -0.2) is 38.1 Å². The number of benzene rings is 1. The van der Waals surface area contributed by atoms with Crippen molar-refractivity contribution >= 4 is 46.4 Å². The van der Waals surface area contributed by atoms with Crippen molar-refractivity contribution in [3.63, 3.8) is 0 Å². The maximum atomic E-state index is 13.1. The second-order valence-corrected chi connectivity index (χ2v) is 8.92. The molecule has 1 N–H and O–H groups in total. The minimum atomic E-state index is -4.57. The third-order valence-corrected chi connectivity index (χ3v) is 6.14. The highest BCUT2D eigenvalue weighted by molar-refractivity contribution is 6.36. The van der Waals surface area contributed by atoms with Crippen LogP contribution in [0.2, 0.25) is 15.1 Å². The third kappa shape index (κ3) is 4.75. The van der Waals surface area contributed by atoms with E-state index in [-0.39, 0.29) is 50.1 Å². The highest BCUT2D eigenvalue weighted by atomic mass is 35.5. The number of imidazole rings is 1. The number of nitrogens with zero attached hydrogens (tertiary/aromatic N) is 4. The Labute approximate surface area is 209 Å². The smallest absolute Gasteiger partial charge is 0.417 e. The lowest BCUT2D eigenvalue weighted by Gasteiger charge is -2.24. The normalized spacial score (nSPS) is 16.5. The van der Waals surface area contributed by atoms with Crippen LogP contribution < -0.4 is 10.1 Å². The van der Waals surface area contributed by atoms with Crippen molar-refractivity contribution in [2.24, 2.45) is 0 Å². The maximum absolute atomic E-state index is 13.1. The second-order valence-electron chi connectivity index (χ2n) is 7.70. The van der Waals surface area contributed by atoms with Gasteiger partial charge in [0.1, 0.15) is 17.5 Å². The Balaban J connectivity index is 1.42. The van der Waals surface area contributed by atoms with E-state index in [1.54, 1.807) is 0 Å². The molecule has 1 aromatic carbocycles. The van der Waals surface area contributed by atoms with Gasteiger partial charge in [-0.25, -0.2) is 4.98 Å². The second kappa shape index (κ2) is 8.89. The van der Waals surface area contributed by atoms with Crippen molar-refractivity contribution in [1.82, 2.24) is 24.8 Å². The summed E-state index contributed by atoms with van der Waals surface area (Å²) >= 11 is 18.8. The van der Waals surface area contributed by atoms with Gasteiger partial charge in [-0.3, -0.25) is 4.79 Å². The molecule has 14 heteroatoms. The number of alkyl halides is 3. The van der Waals surface area contributed by atoms with E-state index >= 15 is 0 Å². The zero-order valence-electron chi connectivity index (χ0n) is 17.4. The number of carbonyl (C=O) groups is 1. The summed E-state index contributed by atoms with van der Waals surface area (Å²) in [5.74, 6) is 0.327. The average molecular weight is 547 g/mol. The van der Waals surface area contributed by atoms with Crippen molar-refractivity contribution in [2.45, 2.75) is 25.1 Å². The van der Waals surface area contributed by atoms with Gasteiger partial charge in [0.2, 0.25) is 11.7 Å². The standard InChI is InChI=1S/C21H13Cl3F3N5O3/c22-12-5-16(34-10-1-2-17(33)28-6-10)13(23)4-11(12)18-30-20(35-31-18)15-8-32-7-9(21(25,26)27)3-14(24)19(32)29-15/h3-5,7-8,10H,1-2,6H2,(H,28,33)/t10-/m0/s1. The molecule has 1 amide bonds. The van der Waals surface area contributed by atoms with Crippen molar-refractivity contribution in [2.75, 3.05) is 6.54 Å². The van der Waals surface area contributed by atoms with Crippen LogP contribution in [0.5, 0.6) is 5.75 Å². The van der Waals surface area contributed by atoms with Crippen molar-refractivity contribution < 1.29 is 27.2 Å². The summed E-state index contributed by atoms with van der Waals surface area (Å²) in [6, 6.07) is 3.81. The van der Waals surface area contributed by atoms with Crippen LogP contribution in [0.3, 0.4) is 0 Å². The minimum Gasteiger partial charge on any atom is -0.487 e. The largest absolute Gasteiger partial charge is 0.487 e. The number of aromatic nitrogens is 4. The lowest BCUT2D eigenvalue weighted by molar-refractivity contribution is -0.137. The van der Waals surface area contributed by atoms with Crippen LogP contribution in [0, 0.1) is 0 Å². The van der Waals surface area contributed by atoms with E-state index in [0.29, 0.717) is 30.7 Å². The number of carbonyl (C=O) groups excluding carboxylic acids is 1. The molecule has 0 unspecified atom stereocenters. The molecular formula is C21H13Cl3F3N5O3. The van der Waals surface area contributed by atoms with Gasteiger partial charge in [-0.15, -0.1) is 0 Å². The fraction of sp³-hybridized carbons (Fsp3) is 0.238. The number of pyridine rings is 1. The van der Waals surface area contributed by atoms with Crippen LogP contribution in [-0.2, 0) is 11.0 Å². The van der Waals surface area contributed by atoms with E-state index in [4.69, 9.17) is 44.1 Å². The highest BCUT2D eigenvalue weighted by Crippen LogP contribution is 2.38. The molecule has 0 aliphatic carbocycles. The van der Waals surface area contributed by atoms with Gasteiger partial charge in [0.05, 0.1) is 27.2 Å². The van der Waals surface area contributed by atoms with E-state index in [9.17, 15) is 18.0 Å². The summed E-state index contributed by atoms with van der Waals surface area (Å²) in [5.41, 5.74) is -0.371. The van der Waals surface area contributed by atoms with Gasteiger partial charge in [-0.05, 0) is 18.6 Å². The third-order valence-electron chi connectivity index (χ3n) is 5.26. The molecule has 4 aromatic rings. The average Bonchev–Trinajstić information content (AvgIpc) is 3.44. The highest BCUT2D eigenvalue weighted by Gasteiger charge is 2.32. The van der Waals surface area contributed by atoms with Gasteiger partial charge in [0, 0.05) is 30.4 Å². The summed E-state index contributed by atoms with van der Waals surface area (Å²) in [4.78, 5) is 19.8. The zero-order valence-corrected chi connectivity index (χ0v) is 19.6. The molecule has 4 heterocycles. The molecular weight excluding hydrogens is 534 g/mol. The molecule has 3 aromatic heterocycles. The first-order valence-corrected chi connectivity index (χ1v) is 11.2. The molecule has 1 aliphatic heterocycles. The number of rotatable bonds is 4. The fourth-order valence-corrected chi connectivity index (χ4v) is 4.24. The van der Waals surface area contributed by atoms with Crippen LogP contribution in [0.1, 0.15) is 18.4 Å². The zero-order chi connectivity index (χ0) is 24.9.